The minimum Gasteiger partial charge on any atom is -0.362 e. The quantitative estimate of drug-likeness (QED) is 0.378. The van der Waals surface area contributed by atoms with Crippen molar-refractivity contribution in [3.8, 4) is 0 Å². The summed E-state index contributed by atoms with van der Waals surface area (Å²) in [4.78, 5) is 2.81. The Morgan fingerprint density at radius 1 is 1.02 bits per heavy atom. The summed E-state index contributed by atoms with van der Waals surface area (Å²) >= 11 is 0. The van der Waals surface area contributed by atoms with E-state index < -0.39 is 16.3 Å². The summed E-state index contributed by atoms with van der Waals surface area (Å²) in [6.07, 6.45) is 9.77. The van der Waals surface area contributed by atoms with E-state index in [0.29, 0.717) is 41.9 Å². The average Bonchev–Trinajstić information content (AvgIpc) is 2.97. The van der Waals surface area contributed by atoms with Crippen LogP contribution < -0.4 is 20.7 Å². The highest BCUT2D eigenvalue weighted by molar-refractivity contribution is 7.90. The molecule has 3 saturated heterocycles. The van der Waals surface area contributed by atoms with Crippen molar-refractivity contribution in [1.82, 2.24) is 25.6 Å². The third kappa shape index (κ3) is 7.34. The normalized spacial score (nSPS) is 35.6. The van der Waals surface area contributed by atoms with Gasteiger partial charge in [0.1, 0.15) is 12.5 Å². The predicted molar refractivity (Wildman–Crippen MR) is 173 cm³/mol. The first-order valence-electron chi connectivity index (χ1n) is 17.3. The molecule has 5 unspecified atom stereocenters. The molecule has 3 heterocycles. The van der Waals surface area contributed by atoms with E-state index in [1.54, 1.807) is 0 Å². The van der Waals surface area contributed by atoms with Crippen molar-refractivity contribution in [1.29, 1.82) is 0 Å². The third-order valence-electron chi connectivity index (χ3n) is 11.3. The topological polar surface area (TPSA) is 94.7 Å². The Morgan fingerprint density at radius 3 is 2.53 bits per heavy atom. The minimum absolute atomic E-state index is 0.00663. The number of rotatable bonds is 5. The molecular formula is C34H57N5O3S. The second kappa shape index (κ2) is 13.3. The molecule has 4 bridgehead atoms. The van der Waals surface area contributed by atoms with Crippen molar-refractivity contribution in [3.63, 3.8) is 0 Å². The molecule has 8 nitrogen and oxygen atoms in total. The van der Waals surface area contributed by atoms with Gasteiger partial charge in [0.2, 0.25) is 10.0 Å². The van der Waals surface area contributed by atoms with Crippen molar-refractivity contribution < 1.29 is 13.2 Å². The van der Waals surface area contributed by atoms with Gasteiger partial charge < -0.3 is 10.1 Å². The average molecular weight is 616 g/mol. The van der Waals surface area contributed by atoms with Crippen LogP contribution in [0.3, 0.4) is 0 Å². The van der Waals surface area contributed by atoms with Gasteiger partial charge in [-0.1, -0.05) is 58.4 Å². The van der Waals surface area contributed by atoms with Gasteiger partial charge in [-0.05, 0) is 98.8 Å². The molecule has 5 aliphatic rings. The van der Waals surface area contributed by atoms with Crippen LogP contribution in [0.5, 0.6) is 0 Å². The summed E-state index contributed by atoms with van der Waals surface area (Å²) in [5.74, 6) is 1.35. The zero-order chi connectivity index (χ0) is 30.2. The first-order chi connectivity index (χ1) is 20.6. The number of nitrogens with one attached hydrogen (secondary N) is 4. The maximum absolute atomic E-state index is 13.9. The van der Waals surface area contributed by atoms with E-state index in [1.807, 2.05) is 0 Å². The summed E-state index contributed by atoms with van der Waals surface area (Å²) < 4.78 is 37.6. The van der Waals surface area contributed by atoms with Gasteiger partial charge in [-0.25, -0.2) is 8.42 Å². The maximum Gasteiger partial charge on any atom is 0.216 e. The minimum atomic E-state index is -3.52. The highest BCUT2D eigenvalue weighted by Gasteiger charge is 2.49. The molecular weight excluding hydrogens is 558 g/mol. The molecule has 0 aromatic heterocycles. The molecule has 1 aromatic carbocycles. The lowest BCUT2D eigenvalue weighted by molar-refractivity contribution is -0.0884. The predicted octanol–water partition coefficient (Wildman–Crippen LogP) is 4.80. The van der Waals surface area contributed by atoms with E-state index in [-0.39, 0.29) is 17.5 Å². The van der Waals surface area contributed by atoms with Gasteiger partial charge in [-0.15, -0.1) is 0 Å². The number of nitrogens with zero attached hydrogens (tertiary/aromatic N) is 1. The Labute approximate surface area is 260 Å². The zero-order valence-electron chi connectivity index (χ0n) is 27.0. The fourth-order valence-electron chi connectivity index (χ4n) is 8.99. The van der Waals surface area contributed by atoms with Crippen LogP contribution in [-0.4, -0.2) is 69.4 Å². The summed E-state index contributed by atoms with van der Waals surface area (Å²) in [5, 5.41) is 10.3. The first kappa shape index (κ1) is 31.9. The lowest BCUT2D eigenvalue weighted by Gasteiger charge is -2.56. The van der Waals surface area contributed by atoms with Crippen LogP contribution in [-0.2, 0) is 14.8 Å². The Balaban J connectivity index is 1.29. The van der Waals surface area contributed by atoms with Gasteiger partial charge in [0.25, 0.3) is 0 Å². The van der Waals surface area contributed by atoms with Crippen LogP contribution in [0.15, 0.2) is 24.3 Å². The van der Waals surface area contributed by atoms with E-state index in [9.17, 15) is 8.42 Å². The van der Waals surface area contributed by atoms with Crippen molar-refractivity contribution >= 4 is 10.0 Å². The van der Waals surface area contributed by atoms with Crippen LogP contribution >= 0.6 is 0 Å². The third-order valence-corrected chi connectivity index (χ3v) is 13.1. The molecule has 242 valence electrons. The highest BCUT2D eigenvalue weighted by Crippen LogP contribution is 2.51. The van der Waals surface area contributed by atoms with Crippen molar-refractivity contribution in [2.24, 2.45) is 17.3 Å². The van der Waals surface area contributed by atoms with Gasteiger partial charge in [-0.2, -0.15) is 4.72 Å². The van der Waals surface area contributed by atoms with Crippen LogP contribution in [0.4, 0.5) is 0 Å². The molecule has 3 aliphatic heterocycles. The maximum atomic E-state index is 13.9. The van der Waals surface area contributed by atoms with Crippen LogP contribution in [0.1, 0.15) is 115 Å². The largest absolute Gasteiger partial charge is 0.362 e. The fraction of sp³-hybridized carbons (Fsp3) is 0.824. The van der Waals surface area contributed by atoms with E-state index >= 15 is 0 Å². The number of fused-ring (bicyclic) bond motifs is 4. The van der Waals surface area contributed by atoms with Gasteiger partial charge in [0.05, 0.1) is 11.9 Å². The molecule has 1 spiro atoms. The standard InChI is InChI=1S/C34H57N5O3S/c1-23(2)16-26-22-42-32-18-31(30-11-6-5-10-29(30)24(3)4)36-33(37-32)38-43(40,41)28-9-7-8-25(17-28)21-39(26)27-19-34(20-27)12-14-35-15-13-34/h5-6,10-11,23-28,31-33,35-38H,7-9,12-22H2,1-4H3/t25?,26-,28?,31?,32?,33?/m1/s1. The Hall–Kier alpha value is -1.07. The van der Waals surface area contributed by atoms with E-state index in [1.165, 1.54) is 36.8 Å². The van der Waals surface area contributed by atoms with Crippen LogP contribution in [0.25, 0.3) is 0 Å². The summed E-state index contributed by atoms with van der Waals surface area (Å²) in [5.41, 5.74) is 3.04. The number of sulfonamides is 1. The number of hydrogen-bond donors (Lipinski definition) is 4. The SMILES string of the molecule is CC(C)C[C@@H]1COC2CC(c3ccccc3C(C)C)NC(N2)NS(=O)(=O)C2CCCC(C2)CN1C1CC2(CCNCC2)C1. The van der Waals surface area contributed by atoms with Crippen LogP contribution in [0.2, 0.25) is 0 Å². The molecule has 6 atom stereocenters. The first-order valence-corrected chi connectivity index (χ1v) is 18.9. The lowest BCUT2D eigenvalue weighted by Crippen LogP contribution is -2.64. The molecule has 5 fully saturated rings. The Morgan fingerprint density at radius 2 is 1.79 bits per heavy atom. The smallest absolute Gasteiger partial charge is 0.216 e. The second-order valence-electron chi connectivity index (χ2n) is 15.3. The Kier molecular flexibility index (Phi) is 9.90. The molecule has 6 rings (SSSR count). The number of piperidine rings is 1. The fourth-order valence-corrected chi connectivity index (χ4v) is 10.7. The van der Waals surface area contributed by atoms with Crippen LogP contribution in [0, 0.1) is 17.3 Å². The zero-order valence-corrected chi connectivity index (χ0v) is 27.8. The van der Waals surface area contributed by atoms with Gasteiger partial charge in [-0.3, -0.25) is 15.5 Å². The second-order valence-corrected chi connectivity index (χ2v) is 17.3. The highest BCUT2D eigenvalue weighted by atomic mass is 32.2. The molecule has 43 heavy (non-hydrogen) atoms. The molecule has 9 heteroatoms. The molecule has 2 saturated carbocycles. The number of hydrogen-bond acceptors (Lipinski definition) is 7. The summed E-state index contributed by atoms with van der Waals surface area (Å²) in [7, 11) is -3.52. The van der Waals surface area contributed by atoms with E-state index in [0.717, 1.165) is 58.2 Å². The summed E-state index contributed by atoms with van der Waals surface area (Å²) in [6, 6.07) is 9.49. The lowest BCUT2D eigenvalue weighted by atomic mass is 9.60. The molecule has 4 N–H and O–H groups in total. The molecule has 0 radical (unpaired) electrons. The van der Waals surface area contributed by atoms with Gasteiger partial charge in [0, 0.05) is 31.1 Å². The molecule has 1 aromatic rings. The number of benzene rings is 1. The molecule has 2 aliphatic carbocycles. The van der Waals surface area contributed by atoms with Gasteiger partial charge >= 0.3 is 0 Å². The number of ether oxygens (including phenoxy) is 1. The van der Waals surface area contributed by atoms with E-state index in [2.05, 4.69) is 77.5 Å². The van der Waals surface area contributed by atoms with Crippen molar-refractivity contribution in [2.45, 2.75) is 134 Å². The van der Waals surface area contributed by atoms with Crippen molar-refractivity contribution in [3.05, 3.63) is 35.4 Å². The Bertz CT molecular complexity index is 1180. The summed E-state index contributed by atoms with van der Waals surface area (Å²) in [6.45, 7) is 13.1. The molecule has 0 amide bonds. The van der Waals surface area contributed by atoms with E-state index in [4.69, 9.17) is 4.74 Å². The van der Waals surface area contributed by atoms with Crippen molar-refractivity contribution in [2.75, 3.05) is 26.2 Å². The monoisotopic (exact) mass is 615 g/mol. The van der Waals surface area contributed by atoms with Gasteiger partial charge in [0.15, 0.2) is 0 Å².